The van der Waals surface area contributed by atoms with E-state index in [2.05, 4.69) is 9.72 Å². The van der Waals surface area contributed by atoms with Gasteiger partial charge in [0.25, 0.3) is 15.5 Å². The fourth-order valence-electron chi connectivity index (χ4n) is 0.928. The topological polar surface area (TPSA) is 56.3 Å². The highest BCUT2D eigenvalue weighted by atomic mass is 35.7. The zero-order chi connectivity index (χ0) is 12.5. The van der Waals surface area contributed by atoms with Crippen molar-refractivity contribution >= 4 is 31.3 Å². The molecule has 0 saturated carbocycles. The molecule has 1 aromatic heterocycles. The van der Waals surface area contributed by atoms with Crippen LogP contribution >= 0.6 is 22.3 Å². The number of methoxy groups -OCH3 is 1. The summed E-state index contributed by atoms with van der Waals surface area (Å²) in [5.41, 5.74) is -0.889. The van der Waals surface area contributed by atoms with Crippen molar-refractivity contribution in [3.8, 4) is 5.88 Å². The molecule has 0 aromatic carbocycles. The predicted octanol–water partition coefficient (Wildman–Crippen LogP) is 2.61. The van der Waals surface area contributed by atoms with Gasteiger partial charge in [0.1, 0.15) is 10.6 Å². The molecule has 4 nitrogen and oxygen atoms in total. The van der Waals surface area contributed by atoms with Crippen LogP contribution in [-0.4, -0.2) is 20.5 Å². The van der Waals surface area contributed by atoms with Crippen LogP contribution in [0.25, 0.3) is 0 Å². The molecule has 0 unspecified atom stereocenters. The molecule has 1 heterocycles. The summed E-state index contributed by atoms with van der Waals surface area (Å²) in [4.78, 5) is 2.68. The van der Waals surface area contributed by atoms with Crippen molar-refractivity contribution < 1.29 is 21.9 Å². The molecule has 0 saturated heterocycles. The lowest BCUT2D eigenvalue weighted by Gasteiger charge is -2.08. The summed E-state index contributed by atoms with van der Waals surface area (Å²) in [5, 5.41) is -0.703. The van der Waals surface area contributed by atoms with E-state index < -0.39 is 31.1 Å². The Kier molecular flexibility index (Phi) is 3.92. The van der Waals surface area contributed by atoms with E-state index in [-0.39, 0.29) is 5.88 Å². The molecule has 0 N–H and O–H groups in total. The Morgan fingerprint density at radius 2 is 2.06 bits per heavy atom. The smallest absolute Gasteiger partial charge is 0.282 e. The van der Waals surface area contributed by atoms with Gasteiger partial charge in [-0.25, -0.2) is 22.2 Å². The molecule has 0 fully saturated rings. The van der Waals surface area contributed by atoms with Crippen molar-refractivity contribution in [1.82, 2.24) is 4.98 Å². The molecule has 0 atom stereocenters. The van der Waals surface area contributed by atoms with Crippen LogP contribution in [0.5, 0.6) is 5.88 Å². The van der Waals surface area contributed by atoms with E-state index >= 15 is 0 Å². The molecule has 16 heavy (non-hydrogen) atoms. The molecular weight excluding hydrogens is 287 g/mol. The third-order valence-corrected chi connectivity index (χ3v) is 3.46. The number of hydrogen-bond donors (Lipinski definition) is 0. The number of halogens is 4. The van der Waals surface area contributed by atoms with Crippen LogP contribution in [-0.2, 0) is 9.05 Å². The zero-order valence-electron chi connectivity index (χ0n) is 7.75. The van der Waals surface area contributed by atoms with Crippen molar-refractivity contribution in [3.05, 3.63) is 16.8 Å². The summed E-state index contributed by atoms with van der Waals surface area (Å²) in [6, 6.07) is 0.872. The van der Waals surface area contributed by atoms with Crippen LogP contribution in [0.15, 0.2) is 11.0 Å². The summed E-state index contributed by atoms with van der Waals surface area (Å²) in [5.74, 6) is -0.307. The van der Waals surface area contributed by atoms with Crippen LogP contribution < -0.4 is 4.74 Å². The number of rotatable bonds is 3. The van der Waals surface area contributed by atoms with Gasteiger partial charge in [0, 0.05) is 16.7 Å². The number of pyridine rings is 1. The minimum Gasteiger partial charge on any atom is -0.481 e. The molecule has 90 valence electrons. The summed E-state index contributed by atoms with van der Waals surface area (Å²) in [6.07, 6.45) is -3.03. The Hall–Kier alpha value is -0.660. The summed E-state index contributed by atoms with van der Waals surface area (Å²) < 4.78 is 51.6. The Balaban J connectivity index is 3.56. The Labute approximate surface area is 99.6 Å². The highest BCUT2D eigenvalue weighted by molar-refractivity contribution is 8.13. The lowest BCUT2D eigenvalue weighted by molar-refractivity contribution is 0.144. The summed E-state index contributed by atoms with van der Waals surface area (Å²) >= 11 is 5.46. The molecule has 0 aliphatic heterocycles. The monoisotopic (exact) mass is 291 g/mol. The first-order valence-corrected chi connectivity index (χ1v) is 6.43. The molecule has 1 aromatic rings. The molecule has 1 rings (SSSR count). The van der Waals surface area contributed by atoms with Crippen molar-refractivity contribution in [2.45, 2.75) is 11.3 Å². The van der Waals surface area contributed by atoms with Gasteiger partial charge in [-0.05, 0) is 0 Å². The lowest BCUT2D eigenvalue weighted by atomic mass is 10.3. The third kappa shape index (κ3) is 2.72. The van der Waals surface area contributed by atoms with Gasteiger partial charge in [-0.1, -0.05) is 11.6 Å². The second-order valence-electron chi connectivity index (χ2n) is 2.60. The van der Waals surface area contributed by atoms with Crippen molar-refractivity contribution in [3.63, 3.8) is 0 Å². The number of alkyl halides is 2. The largest absolute Gasteiger partial charge is 0.481 e. The fourth-order valence-corrected chi connectivity index (χ4v) is 2.46. The van der Waals surface area contributed by atoms with Crippen LogP contribution in [0.4, 0.5) is 8.78 Å². The minimum absolute atomic E-state index is 0.307. The van der Waals surface area contributed by atoms with E-state index in [1.807, 2.05) is 0 Å². The van der Waals surface area contributed by atoms with Gasteiger partial charge in [-0.2, -0.15) is 0 Å². The Morgan fingerprint density at radius 3 is 2.44 bits per heavy atom. The van der Waals surface area contributed by atoms with Gasteiger partial charge in [-0.15, -0.1) is 0 Å². The molecule has 9 heteroatoms. The second-order valence-corrected chi connectivity index (χ2v) is 5.51. The molecule has 0 bridgehead atoms. The van der Waals surface area contributed by atoms with Gasteiger partial charge >= 0.3 is 0 Å². The van der Waals surface area contributed by atoms with Crippen molar-refractivity contribution in [2.24, 2.45) is 0 Å². The number of nitrogens with zero attached hydrogens (tertiary/aromatic N) is 1. The predicted molar refractivity (Wildman–Crippen MR) is 53.8 cm³/mol. The number of hydrogen-bond acceptors (Lipinski definition) is 4. The van der Waals surface area contributed by atoms with Crippen LogP contribution in [0.3, 0.4) is 0 Å². The molecule has 0 radical (unpaired) electrons. The normalized spacial score (nSPS) is 11.9. The number of aromatic nitrogens is 1. The van der Waals surface area contributed by atoms with E-state index in [0.29, 0.717) is 0 Å². The van der Waals surface area contributed by atoms with Crippen LogP contribution in [0.2, 0.25) is 5.02 Å². The van der Waals surface area contributed by atoms with Crippen LogP contribution in [0.1, 0.15) is 12.1 Å². The Morgan fingerprint density at radius 1 is 1.50 bits per heavy atom. The van der Waals surface area contributed by atoms with E-state index in [0.717, 1.165) is 13.2 Å². The van der Waals surface area contributed by atoms with Crippen molar-refractivity contribution in [1.29, 1.82) is 0 Å². The zero-order valence-corrected chi connectivity index (χ0v) is 10.1. The van der Waals surface area contributed by atoms with E-state index in [1.54, 1.807) is 0 Å². The van der Waals surface area contributed by atoms with Gasteiger partial charge in [0.15, 0.2) is 0 Å². The standard InChI is InChI=1S/C7H5Cl2F2NO3S/c1-15-4-2-3(16(9,13)14)5(8)6(12-4)7(10)11/h2,7H,1H3. The van der Waals surface area contributed by atoms with Crippen LogP contribution in [0, 0.1) is 0 Å². The summed E-state index contributed by atoms with van der Waals surface area (Å²) in [7, 11) is 1.94. The first-order chi connectivity index (χ1) is 7.27. The lowest BCUT2D eigenvalue weighted by Crippen LogP contribution is -2.02. The highest BCUT2D eigenvalue weighted by Gasteiger charge is 2.25. The van der Waals surface area contributed by atoms with E-state index in [1.165, 1.54) is 0 Å². The maximum Gasteiger partial charge on any atom is 0.282 e. The highest BCUT2D eigenvalue weighted by Crippen LogP contribution is 2.34. The van der Waals surface area contributed by atoms with E-state index in [4.69, 9.17) is 22.3 Å². The molecule has 0 spiro atoms. The van der Waals surface area contributed by atoms with Gasteiger partial charge in [0.05, 0.1) is 12.1 Å². The van der Waals surface area contributed by atoms with Gasteiger partial charge < -0.3 is 4.74 Å². The Bertz CT molecular complexity index is 507. The average molecular weight is 292 g/mol. The SMILES string of the molecule is COc1cc(S(=O)(=O)Cl)c(Cl)c(C(F)F)n1. The molecule has 0 aliphatic carbocycles. The quantitative estimate of drug-likeness (QED) is 0.803. The van der Waals surface area contributed by atoms with Gasteiger partial charge in [-0.3, -0.25) is 0 Å². The second kappa shape index (κ2) is 4.68. The van der Waals surface area contributed by atoms with Crippen molar-refractivity contribution in [2.75, 3.05) is 7.11 Å². The van der Waals surface area contributed by atoms with Gasteiger partial charge in [0.2, 0.25) is 5.88 Å². The minimum atomic E-state index is -4.24. The van der Waals surface area contributed by atoms with E-state index in [9.17, 15) is 17.2 Å². The fraction of sp³-hybridized carbons (Fsp3) is 0.286. The molecule has 0 aliphatic rings. The maximum absolute atomic E-state index is 12.5. The average Bonchev–Trinajstić information content (AvgIpc) is 2.15. The maximum atomic E-state index is 12.5. The summed E-state index contributed by atoms with van der Waals surface area (Å²) in [6.45, 7) is 0. The molecule has 0 amide bonds. The third-order valence-electron chi connectivity index (χ3n) is 1.60. The number of ether oxygens (including phenoxy) is 1. The molecular formula is C7H5Cl2F2NO3S. The first-order valence-electron chi connectivity index (χ1n) is 3.74. The first kappa shape index (κ1) is 13.4.